The van der Waals surface area contributed by atoms with Crippen LogP contribution in [0.2, 0.25) is 5.28 Å². The summed E-state index contributed by atoms with van der Waals surface area (Å²) < 4.78 is 11.5. The number of aromatic nitrogens is 2. The second kappa shape index (κ2) is 13.3. The van der Waals surface area contributed by atoms with E-state index in [0.717, 1.165) is 0 Å². The molecule has 1 aromatic heterocycles. The smallest absolute Gasteiger partial charge is 0.245 e. The zero-order chi connectivity index (χ0) is 25.1. The van der Waals surface area contributed by atoms with Crippen molar-refractivity contribution < 1.29 is 29.1 Å². The summed E-state index contributed by atoms with van der Waals surface area (Å²) in [5.41, 5.74) is 1.53. The van der Waals surface area contributed by atoms with E-state index < -0.39 is 29.7 Å². The summed E-state index contributed by atoms with van der Waals surface area (Å²) in [6.45, 7) is 3.59. The van der Waals surface area contributed by atoms with Gasteiger partial charge in [0.2, 0.25) is 28.9 Å². The Hall–Kier alpha value is -3.44. The maximum atomic E-state index is 12.9. The van der Waals surface area contributed by atoms with E-state index in [1.165, 1.54) is 24.8 Å². The first kappa shape index (κ1) is 26.8. The van der Waals surface area contributed by atoms with Crippen LogP contribution in [0.25, 0.3) is 0 Å². The number of halogens is 1. The van der Waals surface area contributed by atoms with Crippen LogP contribution in [0.3, 0.4) is 0 Å². The van der Waals surface area contributed by atoms with Gasteiger partial charge in [0.25, 0.3) is 0 Å². The van der Waals surface area contributed by atoms with E-state index in [2.05, 4.69) is 20.6 Å². The molecule has 1 heterocycles. The minimum atomic E-state index is -1.05. The van der Waals surface area contributed by atoms with Gasteiger partial charge in [-0.25, -0.2) is 10.5 Å². The van der Waals surface area contributed by atoms with Gasteiger partial charge in [0.15, 0.2) is 11.5 Å². The van der Waals surface area contributed by atoms with Gasteiger partial charge in [-0.3, -0.25) is 19.6 Å². The quantitative estimate of drug-likeness (QED) is 0.199. The van der Waals surface area contributed by atoms with Crippen molar-refractivity contribution in [2.75, 3.05) is 13.7 Å². The van der Waals surface area contributed by atoms with Crippen LogP contribution < -0.4 is 25.6 Å². The zero-order valence-electron chi connectivity index (χ0n) is 19.1. The van der Waals surface area contributed by atoms with Crippen molar-refractivity contribution >= 4 is 29.3 Å². The highest BCUT2D eigenvalue weighted by Gasteiger charge is 2.28. The predicted octanol–water partition coefficient (Wildman–Crippen LogP) is 2.09. The molecular formula is C22H28ClN5O6. The van der Waals surface area contributed by atoms with Gasteiger partial charge in [-0.15, -0.1) is 0 Å². The Morgan fingerprint density at radius 1 is 1.12 bits per heavy atom. The van der Waals surface area contributed by atoms with Crippen LogP contribution in [0.4, 0.5) is 0 Å². The van der Waals surface area contributed by atoms with Gasteiger partial charge in [-0.2, -0.15) is 4.98 Å². The number of amides is 3. The molecule has 2 atom stereocenters. The van der Waals surface area contributed by atoms with Crippen LogP contribution in [0.1, 0.15) is 26.7 Å². The van der Waals surface area contributed by atoms with Crippen molar-refractivity contribution in [2.45, 2.75) is 32.7 Å². The van der Waals surface area contributed by atoms with E-state index in [1.54, 1.807) is 24.3 Å². The fourth-order valence-corrected chi connectivity index (χ4v) is 3.22. The first-order valence-corrected chi connectivity index (χ1v) is 10.9. The Morgan fingerprint density at radius 2 is 1.82 bits per heavy atom. The lowest BCUT2D eigenvalue weighted by atomic mass is 9.92. The molecule has 2 rings (SSSR count). The normalized spacial score (nSPS) is 12.4. The van der Waals surface area contributed by atoms with E-state index in [0.29, 0.717) is 17.9 Å². The summed E-state index contributed by atoms with van der Waals surface area (Å²) in [7, 11) is 1.43. The third-order valence-electron chi connectivity index (χ3n) is 4.63. The Morgan fingerprint density at radius 3 is 2.44 bits per heavy atom. The minimum absolute atomic E-state index is 0.0177. The van der Waals surface area contributed by atoms with Crippen molar-refractivity contribution in [3.8, 4) is 17.4 Å². The molecule has 184 valence electrons. The second-order valence-electron chi connectivity index (χ2n) is 7.76. The molecule has 0 spiro atoms. The molecule has 0 aliphatic heterocycles. The molecule has 3 amide bonds. The molecule has 4 N–H and O–H groups in total. The number of ether oxygens (including phenoxy) is 2. The highest BCUT2D eigenvalue weighted by atomic mass is 35.5. The van der Waals surface area contributed by atoms with Crippen LogP contribution in [0.5, 0.6) is 17.4 Å². The molecule has 0 fully saturated rings. The molecule has 0 saturated carbocycles. The van der Waals surface area contributed by atoms with Gasteiger partial charge < -0.3 is 20.1 Å². The molecular weight excluding hydrogens is 466 g/mol. The number of hydrogen-bond acceptors (Lipinski definition) is 8. The lowest BCUT2D eigenvalue weighted by Gasteiger charge is -2.23. The van der Waals surface area contributed by atoms with E-state index >= 15 is 0 Å². The van der Waals surface area contributed by atoms with Crippen LogP contribution >= 0.6 is 11.6 Å². The molecule has 0 radical (unpaired) electrons. The molecule has 0 bridgehead atoms. The summed E-state index contributed by atoms with van der Waals surface area (Å²) in [4.78, 5) is 44.7. The van der Waals surface area contributed by atoms with Crippen LogP contribution in [-0.2, 0) is 14.4 Å². The van der Waals surface area contributed by atoms with Gasteiger partial charge in [-0.05, 0) is 36.1 Å². The lowest BCUT2D eigenvalue weighted by molar-refractivity contribution is -0.136. The van der Waals surface area contributed by atoms with Gasteiger partial charge in [0.1, 0.15) is 12.6 Å². The highest BCUT2D eigenvalue weighted by molar-refractivity contribution is 6.28. The standard InChI is InChI=1S/C22H28ClN5O6/c1-13(2)10-14(11-18(29)28-32)20(30)26-15(21(31)24-3)12-33-16-6-4-5-7-17(16)34-19-8-9-25-22(23)27-19/h4-9,13-15,32H,10-12H2,1-3H3,(H,24,31)(H,26,30)(H,28,29)/t14-,15+/m0/s1. The van der Waals surface area contributed by atoms with E-state index in [-0.39, 0.29) is 30.1 Å². The molecule has 12 heteroatoms. The molecule has 0 saturated heterocycles. The summed E-state index contributed by atoms with van der Waals surface area (Å²) in [5, 5.41) is 14.0. The fraction of sp³-hybridized carbons (Fsp3) is 0.409. The maximum absolute atomic E-state index is 12.9. The number of carbonyl (C=O) groups is 3. The summed E-state index contributed by atoms with van der Waals surface area (Å²) in [5.74, 6) is -1.49. The van der Waals surface area contributed by atoms with Crippen LogP contribution in [-0.4, -0.2) is 52.6 Å². The van der Waals surface area contributed by atoms with Crippen molar-refractivity contribution in [3.63, 3.8) is 0 Å². The topological polar surface area (TPSA) is 152 Å². The average molecular weight is 494 g/mol. The van der Waals surface area contributed by atoms with Crippen molar-refractivity contribution in [1.82, 2.24) is 26.1 Å². The molecule has 0 unspecified atom stereocenters. The first-order chi connectivity index (χ1) is 16.2. The lowest BCUT2D eigenvalue weighted by Crippen LogP contribution is -2.51. The molecule has 34 heavy (non-hydrogen) atoms. The second-order valence-corrected chi connectivity index (χ2v) is 8.10. The summed E-state index contributed by atoms with van der Waals surface area (Å²) in [6, 6.07) is 7.19. The highest BCUT2D eigenvalue weighted by Crippen LogP contribution is 2.30. The van der Waals surface area contributed by atoms with Gasteiger partial charge in [0, 0.05) is 31.6 Å². The van der Waals surface area contributed by atoms with E-state index in [4.69, 9.17) is 26.3 Å². The number of nitrogens with one attached hydrogen (secondary N) is 3. The number of nitrogens with zero attached hydrogens (tertiary/aromatic N) is 2. The van der Waals surface area contributed by atoms with Gasteiger partial charge >= 0.3 is 0 Å². The fourth-order valence-electron chi connectivity index (χ4n) is 3.08. The van der Waals surface area contributed by atoms with E-state index in [1.807, 2.05) is 13.8 Å². The largest absolute Gasteiger partial charge is 0.487 e. The predicted molar refractivity (Wildman–Crippen MR) is 123 cm³/mol. The van der Waals surface area contributed by atoms with Crippen LogP contribution in [0.15, 0.2) is 36.5 Å². The van der Waals surface area contributed by atoms with Crippen molar-refractivity contribution in [2.24, 2.45) is 11.8 Å². The first-order valence-electron chi connectivity index (χ1n) is 10.6. The third kappa shape index (κ3) is 8.49. The summed E-state index contributed by atoms with van der Waals surface area (Å²) in [6.07, 6.45) is 1.61. The Kier molecular flexibility index (Phi) is 10.5. The number of hydroxylamine groups is 1. The molecule has 0 aliphatic carbocycles. The van der Waals surface area contributed by atoms with Gasteiger partial charge in [0.05, 0.1) is 0 Å². The molecule has 11 nitrogen and oxygen atoms in total. The molecule has 2 aromatic rings. The monoisotopic (exact) mass is 493 g/mol. The zero-order valence-corrected chi connectivity index (χ0v) is 19.8. The number of para-hydroxylation sites is 2. The maximum Gasteiger partial charge on any atom is 0.245 e. The molecule has 0 aliphatic rings. The number of carbonyl (C=O) groups excluding carboxylic acids is 3. The van der Waals surface area contributed by atoms with Crippen LogP contribution in [0, 0.1) is 11.8 Å². The number of likely N-dealkylation sites (N-methyl/N-ethyl adjacent to an activating group) is 1. The SMILES string of the molecule is CNC(=O)[C@@H](COc1ccccc1Oc1ccnc(Cl)n1)NC(=O)[C@H](CC(=O)NO)CC(C)C. The van der Waals surface area contributed by atoms with Crippen molar-refractivity contribution in [1.29, 1.82) is 0 Å². The third-order valence-corrected chi connectivity index (χ3v) is 4.81. The van der Waals surface area contributed by atoms with Crippen molar-refractivity contribution in [3.05, 3.63) is 41.8 Å². The molecule has 1 aromatic carbocycles. The van der Waals surface area contributed by atoms with Gasteiger partial charge in [-0.1, -0.05) is 26.0 Å². The van der Waals surface area contributed by atoms with E-state index in [9.17, 15) is 14.4 Å². The number of benzene rings is 1. The Labute approximate surface area is 202 Å². The average Bonchev–Trinajstić information content (AvgIpc) is 2.81. The summed E-state index contributed by atoms with van der Waals surface area (Å²) >= 11 is 5.79. The minimum Gasteiger partial charge on any atom is -0.487 e. The number of hydrogen-bond donors (Lipinski definition) is 4. The number of rotatable bonds is 12. The Balaban J connectivity index is 2.13. The Bertz CT molecular complexity index is 990.